The molecule has 0 aliphatic heterocycles. The first-order chi connectivity index (χ1) is 13.3. The number of allylic oxidation sites excluding steroid dienone is 2. The highest BCUT2D eigenvalue weighted by molar-refractivity contribution is 6.10. The van der Waals surface area contributed by atoms with Crippen LogP contribution in [0.1, 0.15) is 22.8 Å². The topological polar surface area (TPSA) is 134 Å². The van der Waals surface area contributed by atoms with Crippen molar-refractivity contribution >= 4 is 17.6 Å². The number of nitrogens with zero attached hydrogens (tertiary/aromatic N) is 1. The Bertz CT molecular complexity index is 900. The van der Waals surface area contributed by atoms with Gasteiger partial charge in [0.05, 0.1) is 12.0 Å². The minimum absolute atomic E-state index is 0.0154. The molecule has 2 aromatic rings. The van der Waals surface area contributed by atoms with Crippen molar-refractivity contribution in [2.45, 2.75) is 13.5 Å². The standard InChI is InChI=1S/C19H19N3O6/c1-12(20)17(18(23)14-5-7-15(8-6-14)22(25)26)21-19(24)28-11-13-3-9-16(27-2)10-4-13/h3-10H,11,20H2,1-2H3,(H,21,24)/b17-12+. The molecule has 0 saturated carbocycles. The predicted octanol–water partition coefficient (Wildman–Crippen LogP) is 2.90. The normalized spacial score (nSPS) is 11.2. The molecule has 0 bridgehead atoms. The predicted molar refractivity (Wildman–Crippen MR) is 101 cm³/mol. The van der Waals surface area contributed by atoms with Gasteiger partial charge in [-0.3, -0.25) is 20.2 Å². The number of hydrogen-bond acceptors (Lipinski definition) is 7. The summed E-state index contributed by atoms with van der Waals surface area (Å²) in [5.74, 6) is 0.0853. The molecular formula is C19H19N3O6. The molecule has 1 amide bonds. The van der Waals surface area contributed by atoms with Crippen LogP contribution in [0.2, 0.25) is 0 Å². The third-order valence-electron chi connectivity index (χ3n) is 3.72. The summed E-state index contributed by atoms with van der Waals surface area (Å²) in [4.78, 5) is 34.7. The smallest absolute Gasteiger partial charge is 0.412 e. The molecule has 146 valence electrons. The molecular weight excluding hydrogens is 366 g/mol. The lowest BCUT2D eigenvalue weighted by Crippen LogP contribution is -2.30. The average Bonchev–Trinajstić information content (AvgIpc) is 2.70. The van der Waals surface area contributed by atoms with E-state index in [1.807, 2.05) is 0 Å². The molecule has 3 N–H and O–H groups in total. The number of nitro benzene ring substituents is 1. The highest BCUT2D eigenvalue weighted by Crippen LogP contribution is 2.15. The second kappa shape index (κ2) is 9.17. The van der Waals surface area contributed by atoms with Crippen molar-refractivity contribution in [3.63, 3.8) is 0 Å². The van der Waals surface area contributed by atoms with Crippen LogP contribution in [0.25, 0.3) is 0 Å². The molecule has 0 fully saturated rings. The van der Waals surface area contributed by atoms with Gasteiger partial charge < -0.3 is 15.2 Å². The highest BCUT2D eigenvalue weighted by Gasteiger charge is 2.19. The van der Waals surface area contributed by atoms with Crippen LogP contribution < -0.4 is 15.8 Å². The van der Waals surface area contributed by atoms with Gasteiger partial charge in [0.1, 0.15) is 18.1 Å². The molecule has 0 spiro atoms. The number of methoxy groups -OCH3 is 1. The summed E-state index contributed by atoms with van der Waals surface area (Å²) in [7, 11) is 1.55. The van der Waals surface area contributed by atoms with E-state index in [-0.39, 0.29) is 29.3 Å². The van der Waals surface area contributed by atoms with Gasteiger partial charge in [0.25, 0.3) is 5.69 Å². The number of ketones is 1. The zero-order valence-corrected chi connectivity index (χ0v) is 15.3. The van der Waals surface area contributed by atoms with Crippen LogP contribution >= 0.6 is 0 Å². The van der Waals surface area contributed by atoms with Gasteiger partial charge in [-0.2, -0.15) is 0 Å². The number of amides is 1. The summed E-state index contributed by atoms with van der Waals surface area (Å²) in [5.41, 5.74) is 6.34. The third kappa shape index (κ3) is 5.31. The number of non-ortho nitro benzene ring substituents is 1. The van der Waals surface area contributed by atoms with Gasteiger partial charge in [-0.25, -0.2) is 4.79 Å². The second-order valence-corrected chi connectivity index (χ2v) is 5.74. The number of carbonyl (C=O) groups is 2. The maximum absolute atomic E-state index is 12.6. The summed E-state index contributed by atoms with van der Waals surface area (Å²) in [5, 5.41) is 13.0. The van der Waals surface area contributed by atoms with Crippen LogP contribution in [-0.2, 0) is 11.3 Å². The molecule has 0 aliphatic rings. The quantitative estimate of drug-likeness (QED) is 0.324. The summed E-state index contributed by atoms with van der Waals surface area (Å²) in [6.07, 6.45) is -0.856. The van der Waals surface area contributed by atoms with E-state index in [1.165, 1.54) is 31.2 Å². The number of Topliss-reactive ketones (excluding diaryl/α,β-unsaturated/α-hetero) is 1. The van der Waals surface area contributed by atoms with Crippen LogP contribution in [-0.4, -0.2) is 23.9 Å². The highest BCUT2D eigenvalue weighted by atomic mass is 16.6. The van der Waals surface area contributed by atoms with E-state index in [0.29, 0.717) is 5.75 Å². The van der Waals surface area contributed by atoms with E-state index in [0.717, 1.165) is 5.56 Å². The molecule has 9 heteroatoms. The van der Waals surface area contributed by atoms with Crippen molar-refractivity contribution in [3.05, 3.63) is 81.2 Å². The van der Waals surface area contributed by atoms with E-state index in [4.69, 9.17) is 15.2 Å². The van der Waals surface area contributed by atoms with E-state index < -0.39 is 16.8 Å². The third-order valence-corrected chi connectivity index (χ3v) is 3.72. The summed E-state index contributed by atoms with van der Waals surface area (Å²) < 4.78 is 10.1. The Balaban J connectivity index is 2.03. The first kappa shape index (κ1) is 20.4. The Morgan fingerprint density at radius 3 is 2.21 bits per heavy atom. The minimum Gasteiger partial charge on any atom is -0.497 e. The molecule has 0 aliphatic carbocycles. The zero-order valence-electron chi connectivity index (χ0n) is 15.3. The molecule has 0 unspecified atom stereocenters. The first-order valence-corrected chi connectivity index (χ1v) is 8.14. The lowest BCUT2D eigenvalue weighted by atomic mass is 10.1. The van der Waals surface area contributed by atoms with Crippen molar-refractivity contribution in [1.29, 1.82) is 0 Å². The van der Waals surface area contributed by atoms with Gasteiger partial charge in [-0.05, 0) is 36.8 Å². The van der Waals surface area contributed by atoms with Gasteiger partial charge >= 0.3 is 6.09 Å². The molecule has 0 atom stereocenters. The Hall–Kier alpha value is -3.88. The molecule has 0 aromatic heterocycles. The number of hydrogen-bond donors (Lipinski definition) is 2. The number of nitro groups is 1. The Kier molecular flexibility index (Phi) is 6.69. The molecule has 0 heterocycles. The van der Waals surface area contributed by atoms with Crippen molar-refractivity contribution in [2.24, 2.45) is 5.73 Å². The maximum Gasteiger partial charge on any atom is 0.412 e. The van der Waals surface area contributed by atoms with E-state index in [1.54, 1.807) is 31.4 Å². The van der Waals surface area contributed by atoms with E-state index in [9.17, 15) is 19.7 Å². The number of nitrogens with one attached hydrogen (secondary N) is 1. The van der Waals surface area contributed by atoms with Gasteiger partial charge in [-0.15, -0.1) is 0 Å². The summed E-state index contributed by atoms with van der Waals surface area (Å²) >= 11 is 0. The Labute approximate surface area is 160 Å². The van der Waals surface area contributed by atoms with Crippen molar-refractivity contribution in [2.75, 3.05) is 7.11 Å². The Morgan fingerprint density at radius 2 is 1.71 bits per heavy atom. The molecule has 28 heavy (non-hydrogen) atoms. The fraction of sp³-hybridized carbons (Fsp3) is 0.158. The number of alkyl carbamates (subject to hydrolysis) is 1. The van der Waals surface area contributed by atoms with Crippen LogP contribution in [0, 0.1) is 10.1 Å². The van der Waals surface area contributed by atoms with Crippen LogP contribution in [0.5, 0.6) is 5.75 Å². The number of carbonyl (C=O) groups excluding carboxylic acids is 2. The number of ether oxygens (including phenoxy) is 2. The van der Waals surface area contributed by atoms with Crippen LogP contribution in [0.15, 0.2) is 59.9 Å². The van der Waals surface area contributed by atoms with Gasteiger partial charge in [0.2, 0.25) is 5.78 Å². The van der Waals surface area contributed by atoms with E-state index in [2.05, 4.69) is 5.32 Å². The fourth-order valence-electron chi connectivity index (χ4n) is 2.22. The number of nitrogens with two attached hydrogens (primary N) is 1. The lowest BCUT2D eigenvalue weighted by Gasteiger charge is -2.12. The molecule has 2 aromatic carbocycles. The summed E-state index contributed by atoms with van der Waals surface area (Å²) in [6.45, 7) is 1.43. The molecule has 9 nitrogen and oxygen atoms in total. The van der Waals surface area contributed by atoms with Gasteiger partial charge in [-0.1, -0.05) is 12.1 Å². The average molecular weight is 385 g/mol. The van der Waals surface area contributed by atoms with Crippen molar-refractivity contribution < 1.29 is 24.0 Å². The second-order valence-electron chi connectivity index (χ2n) is 5.74. The number of rotatable bonds is 7. The van der Waals surface area contributed by atoms with Crippen LogP contribution in [0.4, 0.5) is 10.5 Å². The zero-order chi connectivity index (χ0) is 20.7. The molecule has 2 rings (SSSR count). The largest absolute Gasteiger partial charge is 0.497 e. The van der Waals surface area contributed by atoms with Crippen LogP contribution in [0.3, 0.4) is 0 Å². The van der Waals surface area contributed by atoms with Crippen molar-refractivity contribution in [1.82, 2.24) is 5.32 Å². The van der Waals surface area contributed by atoms with E-state index >= 15 is 0 Å². The maximum atomic E-state index is 12.6. The first-order valence-electron chi connectivity index (χ1n) is 8.14. The van der Waals surface area contributed by atoms with Crippen molar-refractivity contribution in [3.8, 4) is 5.75 Å². The fourth-order valence-corrected chi connectivity index (χ4v) is 2.22. The van der Waals surface area contributed by atoms with Gasteiger partial charge in [0.15, 0.2) is 0 Å². The number of benzene rings is 2. The lowest BCUT2D eigenvalue weighted by molar-refractivity contribution is -0.384. The Morgan fingerprint density at radius 1 is 1.11 bits per heavy atom. The SMILES string of the molecule is COc1ccc(COC(=O)N/C(C(=O)c2ccc([N+](=O)[O-])cc2)=C(\C)N)cc1. The molecule has 0 radical (unpaired) electrons. The van der Waals surface area contributed by atoms with Gasteiger partial charge in [0, 0.05) is 23.4 Å². The monoisotopic (exact) mass is 385 g/mol. The summed E-state index contributed by atoms with van der Waals surface area (Å²) in [6, 6.07) is 11.9. The molecule has 0 saturated heterocycles. The minimum atomic E-state index is -0.856.